The van der Waals surface area contributed by atoms with Crippen LogP contribution in [0.2, 0.25) is 0 Å². The highest BCUT2D eigenvalue weighted by Gasteiger charge is 2.15. The number of nitrogen functional groups attached to an aromatic ring is 1. The first-order valence-corrected chi connectivity index (χ1v) is 12.8. The molecule has 190 valence electrons. The number of pyridine rings is 1. The first kappa shape index (κ1) is 25.2. The molecule has 0 aliphatic carbocycles. The van der Waals surface area contributed by atoms with Gasteiger partial charge in [0.1, 0.15) is 18.0 Å². The van der Waals surface area contributed by atoms with Gasteiger partial charge in [0.2, 0.25) is 0 Å². The van der Waals surface area contributed by atoms with Crippen LogP contribution in [0.25, 0.3) is 11.0 Å². The molecule has 9 heteroatoms. The third kappa shape index (κ3) is 5.73. The number of amides is 1. The minimum absolute atomic E-state index is 0.266. The van der Waals surface area contributed by atoms with Crippen molar-refractivity contribution in [1.29, 1.82) is 0 Å². The SMILES string of the molecule is CC(C)c1ccc2c(Nc3cc(C(=O)Nc4cccc(F)c4)ccc3Sc3ccc(N)cc3)ncnc2n1. The summed E-state index contributed by atoms with van der Waals surface area (Å²) < 4.78 is 13.6. The van der Waals surface area contributed by atoms with Crippen LogP contribution >= 0.6 is 11.8 Å². The second-order valence-electron chi connectivity index (χ2n) is 8.96. The number of carbonyl (C=O) groups is 1. The van der Waals surface area contributed by atoms with Gasteiger partial charge < -0.3 is 16.4 Å². The maximum atomic E-state index is 13.6. The molecule has 0 saturated heterocycles. The van der Waals surface area contributed by atoms with Crippen molar-refractivity contribution >= 4 is 51.6 Å². The van der Waals surface area contributed by atoms with E-state index in [9.17, 15) is 9.18 Å². The topological polar surface area (TPSA) is 106 Å². The van der Waals surface area contributed by atoms with E-state index in [-0.39, 0.29) is 11.8 Å². The minimum Gasteiger partial charge on any atom is -0.399 e. The summed E-state index contributed by atoms with van der Waals surface area (Å²) in [5.74, 6) is 0.0466. The Kier molecular flexibility index (Phi) is 7.19. The fraction of sp³-hybridized carbons (Fsp3) is 0.103. The number of fused-ring (bicyclic) bond motifs is 1. The van der Waals surface area contributed by atoms with Gasteiger partial charge in [0.05, 0.1) is 11.1 Å². The zero-order valence-corrected chi connectivity index (χ0v) is 21.6. The number of hydrogen-bond donors (Lipinski definition) is 3. The molecule has 38 heavy (non-hydrogen) atoms. The molecule has 0 fully saturated rings. The molecular formula is C29H25FN6OS. The Hall–Kier alpha value is -4.50. The summed E-state index contributed by atoms with van der Waals surface area (Å²) >= 11 is 1.52. The summed E-state index contributed by atoms with van der Waals surface area (Å²) in [7, 11) is 0. The summed E-state index contributed by atoms with van der Waals surface area (Å²) in [6.45, 7) is 4.16. The number of carbonyl (C=O) groups excluding carboxylic acids is 1. The summed E-state index contributed by atoms with van der Waals surface area (Å²) in [6, 6.07) is 22.6. The Bertz CT molecular complexity index is 1620. The molecule has 7 nitrogen and oxygen atoms in total. The average Bonchev–Trinajstić information content (AvgIpc) is 2.90. The number of benzene rings is 3. The standard InChI is InChI=1S/C29H25FN6OS/c1-17(2)24-12-11-23-27(35-24)32-16-33-28(23)36-25-14-18(29(37)34-21-5-3-4-19(30)15-21)6-13-26(25)38-22-9-7-20(31)8-10-22/h3-17H,31H2,1-2H3,(H,34,37)(H,32,33,35,36). The highest BCUT2D eigenvalue weighted by Crippen LogP contribution is 2.37. The Morgan fingerprint density at radius 1 is 0.974 bits per heavy atom. The number of halogens is 1. The Labute approximate surface area is 223 Å². The van der Waals surface area contributed by atoms with Crippen molar-refractivity contribution in [3.05, 3.63) is 102 Å². The normalized spacial score (nSPS) is 11.1. The van der Waals surface area contributed by atoms with Crippen LogP contribution in [0.4, 0.5) is 27.3 Å². The van der Waals surface area contributed by atoms with Gasteiger partial charge in [0.25, 0.3) is 5.91 Å². The molecule has 0 radical (unpaired) electrons. The van der Waals surface area contributed by atoms with E-state index >= 15 is 0 Å². The van der Waals surface area contributed by atoms with Crippen LogP contribution in [0.3, 0.4) is 0 Å². The molecule has 0 bridgehead atoms. The molecule has 0 spiro atoms. The third-order valence-corrected chi connectivity index (χ3v) is 6.88. The van der Waals surface area contributed by atoms with Crippen molar-refractivity contribution in [2.45, 2.75) is 29.6 Å². The van der Waals surface area contributed by atoms with Crippen molar-refractivity contribution < 1.29 is 9.18 Å². The van der Waals surface area contributed by atoms with Crippen molar-refractivity contribution in [1.82, 2.24) is 15.0 Å². The molecule has 0 aliphatic heterocycles. The van der Waals surface area contributed by atoms with Crippen LogP contribution in [-0.4, -0.2) is 20.9 Å². The number of aromatic nitrogens is 3. The molecule has 5 rings (SSSR count). The molecule has 2 heterocycles. The lowest BCUT2D eigenvalue weighted by atomic mass is 10.1. The average molecular weight is 525 g/mol. The van der Waals surface area contributed by atoms with Gasteiger partial charge in [-0.25, -0.2) is 19.3 Å². The monoisotopic (exact) mass is 524 g/mol. The molecule has 0 aliphatic rings. The van der Waals surface area contributed by atoms with Crippen LogP contribution in [-0.2, 0) is 0 Å². The van der Waals surface area contributed by atoms with E-state index < -0.39 is 5.82 Å². The van der Waals surface area contributed by atoms with Gasteiger partial charge in [-0.15, -0.1) is 0 Å². The van der Waals surface area contributed by atoms with E-state index in [1.807, 2.05) is 42.5 Å². The lowest BCUT2D eigenvalue weighted by Gasteiger charge is -2.15. The smallest absolute Gasteiger partial charge is 0.255 e. The summed E-state index contributed by atoms with van der Waals surface area (Å²) in [5, 5.41) is 6.90. The van der Waals surface area contributed by atoms with Crippen LogP contribution in [0.5, 0.6) is 0 Å². The predicted molar refractivity (Wildman–Crippen MR) is 150 cm³/mol. The van der Waals surface area contributed by atoms with Gasteiger partial charge in [-0.3, -0.25) is 4.79 Å². The number of rotatable bonds is 7. The fourth-order valence-corrected chi connectivity index (χ4v) is 4.68. The van der Waals surface area contributed by atoms with E-state index in [2.05, 4.69) is 39.4 Å². The molecule has 0 saturated carbocycles. The van der Waals surface area contributed by atoms with Crippen molar-refractivity contribution in [3.8, 4) is 0 Å². The van der Waals surface area contributed by atoms with Gasteiger partial charge in [-0.05, 0) is 78.7 Å². The largest absolute Gasteiger partial charge is 0.399 e. The molecule has 5 aromatic rings. The molecule has 1 amide bonds. The second-order valence-corrected chi connectivity index (χ2v) is 10.1. The fourth-order valence-electron chi connectivity index (χ4n) is 3.80. The summed E-state index contributed by atoms with van der Waals surface area (Å²) in [6.07, 6.45) is 1.47. The molecule has 0 unspecified atom stereocenters. The Morgan fingerprint density at radius 3 is 2.55 bits per heavy atom. The molecule has 0 atom stereocenters. The molecule has 4 N–H and O–H groups in total. The van der Waals surface area contributed by atoms with Gasteiger partial charge in [0, 0.05) is 32.4 Å². The maximum Gasteiger partial charge on any atom is 0.255 e. The number of nitrogens with two attached hydrogens (primary N) is 1. The van der Waals surface area contributed by atoms with Crippen LogP contribution in [0.15, 0.2) is 95.0 Å². The lowest BCUT2D eigenvalue weighted by molar-refractivity contribution is 0.102. The van der Waals surface area contributed by atoms with E-state index in [4.69, 9.17) is 5.73 Å². The first-order valence-electron chi connectivity index (χ1n) is 12.0. The van der Waals surface area contributed by atoms with Gasteiger partial charge >= 0.3 is 0 Å². The van der Waals surface area contributed by atoms with Crippen molar-refractivity contribution in [3.63, 3.8) is 0 Å². The zero-order chi connectivity index (χ0) is 26.6. The van der Waals surface area contributed by atoms with E-state index in [1.54, 1.807) is 24.3 Å². The van der Waals surface area contributed by atoms with Gasteiger partial charge in [-0.1, -0.05) is 31.7 Å². The van der Waals surface area contributed by atoms with Gasteiger partial charge in [0.15, 0.2) is 5.65 Å². The lowest BCUT2D eigenvalue weighted by Crippen LogP contribution is -2.12. The number of nitrogens with one attached hydrogen (secondary N) is 2. The van der Waals surface area contributed by atoms with E-state index in [1.165, 1.54) is 30.2 Å². The minimum atomic E-state index is -0.426. The van der Waals surface area contributed by atoms with Crippen molar-refractivity contribution in [2.75, 3.05) is 16.4 Å². The Morgan fingerprint density at radius 2 is 1.79 bits per heavy atom. The number of nitrogens with zero attached hydrogens (tertiary/aromatic N) is 3. The summed E-state index contributed by atoms with van der Waals surface area (Å²) in [5.41, 5.74) is 9.50. The zero-order valence-electron chi connectivity index (χ0n) is 20.8. The third-order valence-electron chi connectivity index (χ3n) is 5.80. The molecular weight excluding hydrogens is 499 g/mol. The highest BCUT2D eigenvalue weighted by molar-refractivity contribution is 7.99. The molecule has 3 aromatic carbocycles. The predicted octanol–water partition coefficient (Wildman–Crippen LogP) is 7.02. The van der Waals surface area contributed by atoms with E-state index in [0.717, 1.165) is 20.9 Å². The van der Waals surface area contributed by atoms with Crippen LogP contribution in [0.1, 0.15) is 35.8 Å². The quantitative estimate of drug-likeness (QED) is 0.197. The van der Waals surface area contributed by atoms with Crippen LogP contribution in [0, 0.1) is 5.82 Å². The second kappa shape index (κ2) is 10.9. The number of hydrogen-bond acceptors (Lipinski definition) is 7. The van der Waals surface area contributed by atoms with Crippen molar-refractivity contribution in [2.24, 2.45) is 0 Å². The van der Waals surface area contributed by atoms with Gasteiger partial charge in [-0.2, -0.15) is 0 Å². The number of anilines is 4. The highest BCUT2D eigenvalue weighted by atomic mass is 32.2. The Balaban J connectivity index is 1.52. The molecule has 2 aromatic heterocycles. The van der Waals surface area contributed by atoms with Crippen LogP contribution < -0.4 is 16.4 Å². The first-order chi connectivity index (χ1) is 18.4. The maximum absolute atomic E-state index is 13.6. The summed E-state index contributed by atoms with van der Waals surface area (Å²) in [4.78, 5) is 28.4. The van der Waals surface area contributed by atoms with E-state index in [0.29, 0.717) is 34.1 Å².